The molecule has 2 aromatic heterocycles. The predicted molar refractivity (Wildman–Crippen MR) is 76.8 cm³/mol. The second-order valence-electron chi connectivity index (χ2n) is 4.80. The zero-order valence-electron chi connectivity index (χ0n) is 11.5. The lowest BCUT2D eigenvalue weighted by molar-refractivity contribution is 0.803. The Morgan fingerprint density at radius 3 is 2.53 bits per heavy atom. The van der Waals surface area contributed by atoms with Crippen molar-refractivity contribution in [2.45, 2.75) is 32.7 Å². The van der Waals surface area contributed by atoms with Crippen LogP contribution in [0.3, 0.4) is 0 Å². The van der Waals surface area contributed by atoms with Crippen LogP contribution < -0.4 is 11.1 Å². The highest BCUT2D eigenvalue weighted by atomic mass is 15.1. The van der Waals surface area contributed by atoms with Gasteiger partial charge in [0.15, 0.2) is 0 Å². The third kappa shape index (κ3) is 2.99. The average Bonchev–Trinajstić information content (AvgIpc) is 2.39. The monoisotopic (exact) mass is 257 g/mol. The van der Waals surface area contributed by atoms with E-state index in [9.17, 15) is 0 Å². The highest BCUT2D eigenvalue weighted by molar-refractivity contribution is 5.57. The molecule has 0 amide bonds. The first kappa shape index (κ1) is 13.3. The molecule has 3 N–H and O–H groups in total. The van der Waals surface area contributed by atoms with Crippen LogP contribution in [-0.2, 0) is 0 Å². The molecule has 0 aliphatic rings. The summed E-state index contributed by atoms with van der Waals surface area (Å²) in [5.74, 6) is 1.57. The first-order valence-corrected chi connectivity index (χ1v) is 6.37. The maximum atomic E-state index is 5.93. The van der Waals surface area contributed by atoms with E-state index in [1.165, 1.54) is 6.33 Å². The van der Waals surface area contributed by atoms with Crippen molar-refractivity contribution in [1.82, 2.24) is 15.0 Å². The number of aromatic nitrogens is 3. The maximum absolute atomic E-state index is 5.93. The molecule has 0 aliphatic carbocycles. The molecule has 2 rings (SSSR count). The average molecular weight is 257 g/mol. The summed E-state index contributed by atoms with van der Waals surface area (Å²) in [6, 6.07) is 5.92. The number of hydrogen-bond donors (Lipinski definition) is 2. The van der Waals surface area contributed by atoms with Crippen molar-refractivity contribution in [1.29, 1.82) is 0 Å². The van der Waals surface area contributed by atoms with E-state index in [0.717, 1.165) is 17.1 Å². The summed E-state index contributed by atoms with van der Waals surface area (Å²) < 4.78 is 0. The van der Waals surface area contributed by atoms with Gasteiger partial charge in [0.2, 0.25) is 0 Å². The molecule has 0 aliphatic heterocycles. The van der Waals surface area contributed by atoms with E-state index >= 15 is 0 Å². The number of nitrogens with zero attached hydrogens (tertiary/aromatic N) is 3. The fraction of sp³-hybridized carbons (Fsp3) is 0.357. The lowest BCUT2D eigenvalue weighted by Crippen LogP contribution is -2.13. The van der Waals surface area contributed by atoms with Crippen LogP contribution in [0.4, 0.5) is 11.6 Å². The minimum Gasteiger partial charge on any atom is -0.383 e. The Balaban J connectivity index is 2.27. The van der Waals surface area contributed by atoms with Gasteiger partial charge < -0.3 is 11.1 Å². The van der Waals surface area contributed by atoms with Crippen LogP contribution in [0.2, 0.25) is 0 Å². The Bertz CT molecular complexity index is 539. The zero-order chi connectivity index (χ0) is 13.8. The van der Waals surface area contributed by atoms with E-state index < -0.39 is 0 Å². The lowest BCUT2D eigenvalue weighted by atomic mass is 10.0. The molecule has 2 aromatic rings. The Hall–Kier alpha value is -2.17. The van der Waals surface area contributed by atoms with Crippen LogP contribution in [0.1, 0.15) is 44.0 Å². The zero-order valence-corrected chi connectivity index (χ0v) is 11.5. The first-order chi connectivity index (χ1) is 9.09. The SMILES string of the molecule is CC(C)c1c(N)ncnc1NC(C)c1ccccn1. The number of nitrogens with two attached hydrogens (primary N) is 1. The molecular formula is C14H19N5. The summed E-state index contributed by atoms with van der Waals surface area (Å²) in [7, 11) is 0. The van der Waals surface area contributed by atoms with E-state index in [2.05, 4.69) is 34.1 Å². The Labute approximate surface area is 113 Å². The van der Waals surface area contributed by atoms with Crippen LogP contribution in [-0.4, -0.2) is 15.0 Å². The minimum atomic E-state index is 0.0630. The van der Waals surface area contributed by atoms with Crippen molar-refractivity contribution in [3.63, 3.8) is 0 Å². The molecular weight excluding hydrogens is 238 g/mol. The molecule has 1 unspecified atom stereocenters. The number of rotatable bonds is 4. The van der Waals surface area contributed by atoms with Crippen LogP contribution in [0, 0.1) is 0 Å². The Morgan fingerprint density at radius 2 is 1.89 bits per heavy atom. The summed E-state index contributed by atoms with van der Waals surface area (Å²) in [4.78, 5) is 12.7. The summed E-state index contributed by atoms with van der Waals surface area (Å²) >= 11 is 0. The molecule has 19 heavy (non-hydrogen) atoms. The summed E-state index contributed by atoms with van der Waals surface area (Å²) in [5, 5.41) is 3.36. The van der Waals surface area contributed by atoms with E-state index in [-0.39, 0.29) is 12.0 Å². The fourth-order valence-electron chi connectivity index (χ4n) is 2.00. The van der Waals surface area contributed by atoms with Gasteiger partial charge in [-0.3, -0.25) is 4.98 Å². The van der Waals surface area contributed by atoms with Gasteiger partial charge >= 0.3 is 0 Å². The van der Waals surface area contributed by atoms with E-state index in [0.29, 0.717) is 5.82 Å². The van der Waals surface area contributed by atoms with Gasteiger partial charge in [0, 0.05) is 11.8 Å². The van der Waals surface area contributed by atoms with E-state index in [4.69, 9.17) is 5.73 Å². The van der Waals surface area contributed by atoms with Crippen LogP contribution in [0.15, 0.2) is 30.7 Å². The van der Waals surface area contributed by atoms with Gasteiger partial charge in [0.25, 0.3) is 0 Å². The van der Waals surface area contributed by atoms with Crippen molar-refractivity contribution in [2.24, 2.45) is 0 Å². The van der Waals surface area contributed by atoms with Gasteiger partial charge in [-0.15, -0.1) is 0 Å². The van der Waals surface area contributed by atoms with Gasteiger partial charge in [-0.2, -0.15) is 0 Å². The van der Waals surface area contributed by atoms with Gasteiger partial charge in [0.05, 0.1) is 11.7 Å². The summed E-state index contributed by atoms with van der Waals surface area (Å²) in [6.45, 7) is 6.20. The van der Waals surface area contributed by atoms with Crippen LogP contribution in [0.5, 0.6) is 0 Å². The highest BCUT2D eigenvalue weighted by Gasteiger charge is 2.15. The topological polar surface area (TPSA) is 76.7 Å². The number of anilines is 2. The number of pyridine rings is 1. The largest absolute Gasteiger partial charge is 0.383 e. The minimum absolute atomic E-state index is 0.0630. The van der Waals surface area contributed by atoms with Gasteiger partial charge in [-0.25, -0.2) is 9.97 Å². The Kier molecular flexibility index (Phi) is 3.94. The highest BCUT2D eigenvalue weighted by Crippen LogP contribution is 2.28. The second kappa shape index (κ2) is 5.65. The normalized spacial score (nSPS) is 12.4. The standard InChI is InChI=1S/C14H19N5/c1-9(2)12-13(15)17-8-18-14(12)19-10(3)11-6-4-5-7-16-11/h4-10H,1-3H3,(H3,15,17,18,19). The van der Waals surface area contributed by atoms with Crippen molar-refractivity contribution in [3.8, 4) is 0 Å². The molecule has 0 saturated carbocycles. The lowest BCUT2D eigenvalue weighted by Gasteiger charge is -2.19. The molecule has 2 heterocycles. The first-order valence-electron chi connectivity index (χ1n) is 6.37. The molecule has 5 heteroatoms. The molecule has 0 aromatic carbocycles. The predicted octanol–water partition coefficient (Wildman–Crippen LogP) is 2.75. The van der Waals surface area contributed by atoms with Crippen molar-refractivity contribution >= 4 is 11.6 Å². The molecule has 0 saturated heterocycles. The molecule has 0 radical (unpaired) electrons. The molecule has 0 fully saturated rings. The smallest absolute Gasteiger partial charge is 0.135 e. The van der Waals surface area contributed by atoms with E-state index in [1.807, 2.05) is 25.1 Å². The van der Waals surface area contributed by atoms with Gasteiger partial charge in [0.1, 0.15) is 18.0 Å². The van der Waals surface area contributed by atoms with Gasteiger partial charge in [-0.1, -0.05) is 19.9 Å². The molecule has 100 valence electrons. The third-order valence-electron chi connectivity index (χ3n) is 2.98. The maximum Gasteiger partial charge on any atom is 0.135 e. The Morgan fingerprint density at radius 1 is 1.11 bits per heavy atom. The fourth-order valence-corrected chi connectivity index (χ4v) is 2.00. The van der Waals surface area contributed by atoms with Crippen molar-refractivity contribution in [3.05, 3.63) is 42.0 Å². The number of nitrogen functional groups attached to an aromatic ring is 1. The van der Waals surface area contributed by atoms with Crippen LogP contribution in [0.25, 0.3) is 0 Å². The summed E-state index contributed by atoms with van der Waals surface area (Å²) in [6.07, 6.45) is 3.26. The number of hydrogen-bond acceptors (Lipinski definition) is 5. The second-order valence-corrected chi connectivity index (χ2v) is 4.80. The molecule has 0 spiro atoms. The van der Waals surface area contributed by atoms with Crippen molar-refractivity contribution in [2.75, 3.05) is 11.1 Å². The third-order valence-corrected chi connectivity index (χ3v) is 2.98. The van der Waals surface area contributed by atoms with E-state index in [1.54, 1.807) is 6.20 Å². The van der Waals surface area contributed by atoms with Crippen LogP contribution >= 0.6 is 0 Å². The molecule has 0 bridgehead atoms. The molecule has 5 nitrogen and oxygen atoms in total. The van der Waals surface area contributed by atoms with Gasteiger partial charge in [-0.05, 0) is 25.0 Å². The molecule has 1 atom stereocenters. The van der Waals surface area contributed by atoms with Crippen molar-refractivity contribution < 1.29 is 0 Å². The summed E-state index contributed by atoms with van der Waals surface area (Å²) in [5.41, 5.74) is 7.85. The number of nitrogens with one attached hydrogen (secondary N) is 1. The quantitative estimate of drug-likeness (QED) is 0.880.